The molecule has 1 saturated heterocycles. The highest BCUT2D eigenvalue weighted by Crippen LogP contribution is 2.34. The molecule has 23 heavy (non-hydrogen) atoms. The van der Waals surface area contributed by atoms with Crippen LogP contribution in [0.5, 0.6) is 0 Å². The third kappa shape index (κ3) is 3.33. The molecule has 1 aromatic heterocycles. The van der Waals surface area contributed by atoms with Gasteiger partial charge in [-0.2, -0.15) is 5.10 Å². The van der Waals surface area contributed by atoms with Gasteiger partial charge in [-0.3, -0.25) is 9.58 Å². The molecule has 1 N–H and O–H groups in total. The Morgan fingerprint density at radius 2 is 2.09 bits per heavy atom. The summed E-state index contributed by atoms with van der Waals surface area (Å²) in [6.07, 6.45) is 2.48. The van der Waals surface area contributed by atoms with Gasteiger partial charge in [-0.15, -0.1) is 0 Å². The van der Waals surface area contributed by atoms with Gasteiger partial charge in [0, 0.05) is 23.8 Å². The number of likely N-dealkylation sites (tertiary alicyclic amines) is 1. The van der Waals surface area contributed by atoms with Gasteiger partial charge in [0.2, 0.25) is 0 Å². The molecule has 4 heteroatoms. The quantitative estimate of drug-likeness (QED) is 0.922. The Balaban J connectivity index is 1.82. The number of aryl methyl sites for hydroxylation is 2. The van der Waals surface area contributed by atoms with E-state index in [1.807, 2.05) is 4.68 Å². The van der Waals surface area contributed by atoms with Crippen LogP contribution in [0, 0.1) is 20.8 Å². The van der Waals surface area contributed by atoms with Crippen LogP contribution in [0.15, 0.2) is 24.3 Å². The van der Waals surface area contributed by atoms with Crippen LogP contribution < -0.4 is 0 Å². The molecule has 124 valence electrons. The molecule has 0 saturated carbocycles. The van der Waals surface area contributed by atoms with Crippen LogP contribution in [-0.4, -0.2) is 32.9 Å². The summed E-state index contributed by atoms with van der Waals surface area (Å²) in [7, 11) is 0. The van der Waals surface area contributed by atoms with Crippen LogP contribution >= 0.6 is 0 Å². The van der Waals surface area contributed by atoms with E-state index in [2.05, 4.69) is 55.0 Å². The Hall–Kier alpha value is -1.65. The van der Waals surface area contributed by atoms with E-state index in [-0.39, 0.29) is 6.61 Å². The van der Waals surface area contributed by atoms with E-state index in [9.17, 15) is 5.11 Å². The Morgan fingerprint density at radius 1 is 1.26 bits per heavy atom. The molecule has 1 aliphatic heterocycles. The lowest BCUT2D eigenvalue weighted by Crippen LogP contribution is -2.23. The highest BCUT2D eigenvalue weighted by atomic mass is 16.3. The minimum absolute atomic E-state index is 0.136. The third-order valence-electron chi connectivity index (χ3n) is 4.99. The summed E-state index contributed by atoms with van der Waals surface area (Å²) in [5.41, 5.74) is 6.35. The van der Waals surface area contributed by atoms with Crippen molar-refractivity contribution in [1.82, 2.24) is 14.7 Å². The molecular formula is C19H27N3O. The molecule has 0 amide bonds. The molecule has 1 aliphatic rings. The summed E-state index contributed by atoms with van der Waals surface area (Å²) >= 11 is 0. The van der Waals surface area contributed by atoms with E-state index in [0.29, 0.717) is 12.6 Å². The zero-order chi connectivity index (χ0) is 16.4. The van der Waals surface area contributed by atoms with Crippen molar-refractivity contribution in [2.24, 2.45) is 0 Å². The number of aliphatic hydroxyl groups is 1. The monoisotopic (exact) mass is 313 g/mol. The van der Waals surface area contributed by atoms with Crippen molar-refractivity contribution >= 4 is 0 Å². The fraction of sp³-hybridized carbons (Fsp3) is 0.526. The summed E-state index contributed by atoms with van der Waals surface area (Å²) in [4.78, 5) is 2.58. The largest absolute Gasteiger partial charge is 0.394 e. The maximum absolute atomic E-state index is 9.17. The van der Waals surface area contributed by atoms with Gasteiger partial charge in [0.25, 0.3) is 0 Å². The average molecular weight is 313 g/mol. The topological polar surface area (TPSA) is 41.3 Å². The average Bonchev–Trinajstić information content (AvgIpc) is 3.08. The maximum atomic E-state index is 9.17. The van der Waals surface area contributed by atoms with Crippen LogP contribution in [0.1, 0.15) is 47.0 Å². The first-order valence-corrected chi connectivity index (χ1v) is 8.54. The molecule has 2 aromatic rings. The van der Waals surface area contributed by atoms with E-state index in [4.69, 9.17) is 0 Å². The SMILES string of the molecule is Cc1cccc(C2CCCN2Cc2c(C)nn(CCO)c2C)c1. The fourth-order valence-corrected chi connectivity index (χ4v) is 3.75. The molecule has 1 atom stereocenters. The molecule has 4 nitrogen and oxygen atoms in total. The molecule has 0 aliphatic carbocycles. The maximum Gasteiger partial charge on any atom is 0.0644 e. The van der Waals surface area contributed by atoms with Gasteiger partial charge in [0.15, 0.2) is 0 Å². The second-order valence-corrected chi connectivity index (χ2v) is 6.64. The van der Waals surface area contributed by atoms with Crippen molar-refractivity contribution < 1.29 is 5.11 Å². The van der Waals surface area contributed by atoms with E-state index in [1.165, 1.54) is 35.2 Å². The lowest BCUT2D eigenvalue weighted by molar-refractivity contribution is 0.247. The molecule has 1 unspecified atom stereocenters. The Labute approximate surface area is 138 Å². The minimum atomic E-state index is 0.136. The van der Waals surface area contributed by atoms with Crippen molar-refractivity contribution in [3.63, 3.8) is 0 Å². The van der Waals surface area contributed by atoms with E-state index in [0.717, 1.165) is 18.8 Å². The number of aliphatic hydroxyl groups excluding tert-OH is 1. The van der Waals surface area contributed by atoms with Crippen LogP contribution in [0.25, 0.3) is 0 Å². The number of hydrogen-bond donors (Lipinski definition) is 1. The van der Waals surface area contributed by atoms with Crippen LogP contribution in [0.2, 0.25) is 0 Å². The number of aromatic nitrogens is 2. The van der Waals surface area contributed by atoms with Gasteiger partial charge in [0.05, 0.1) is 18.8 Å². The summed E-state index contributed by atoms with van der Waals surface area (Å²) in [6.45, 7) is 9.15. The predicted molar refractivity (Wildman–Crippen MR) is 92.4 cm³/mol. The van der Waals surface area contributed by atoms with Gasteiger partial charge in [-0.05, 0) is 45.7 Å². The molecular weight excluding hydrogens is 286 g/mol. The summed E-state index contributed by atoms with van der Waals surface area (Å²) in [5, 5.41) is 13.8. The summed E-state index contributed by atoms with van der Waals surface area (Å²) in [5.74, 6) is 0. The van der Waals surface area contributed by atoms with Crippen LogP contribution in [0.4, 0.5) is 0 Å². The molecule has 0 bridgehead atoms. The fourth-order valence-electron chi connectivity index (χ4n) is 3.75. The number of rotatable bonds is 5. The number of nitrogens with zero attached hydrogens (tertiary/aromatic N) is 3. The van der Waals surface area contributed by atoms with Gasteiger partial charge >= 0.3 is 0 Å². The Kier molecular flexibility index (Phi) is 4.83. The van der Waals surface area contributed by atoms with Crippen molar-refractivity contribution in [3.8, 4) is 0 Å². The highest BCUT2D eigenvalue weighted by molar-refractivity contribution is 5.28. The lowest BCUT2D eigenvalue weighted by Gasteiger charge is -2.25. The molecule has 0 spiro atoms. The first-order valence-electron chi connectivity index (χ1n) is 8.54. The number of hydrogen-bond acceptors (Lipinski definition) is 3. The van der Waals surface area contributed by atoms with Gasteiger partial charge in [-0.1, -0.05) is 29.8 Å². The zero-order valence-electron chi connectivity index (χ0n) is 14.4. The van der Waals surface area contributed by atoms with Gasteiger partial charge in [0.1, 0.15) is 0 Å². The number of benzene rings is 1. The Bertz CT molecular complexity index is 677. The zero-order valence-corrected chi connectivity index (χ0v) is 14.4. The minimum Gasteiger partial charge on any atom is -0.394 e. The normalized spacial score (nSPS) is 18.7. The van der Waals surface area contributed by atoms with E-state index in [1.54, 1.807) is 0 Å². The van der Waals surface area contributed by atoms with Crippen molar-refractivity contribution in [3.05, 3.63) is 52.3 Å². The standard InChI is InChI=1S/C19H27N3O/c1-14-6-4-7-17(12-14)19-8-5-9-21(19)13-18-15(2)20-22(10-11-23)16(18)3/h4,6-7,12,19,23H,5,8-11,13H2,1-3H3. The van der Waals surface area contributed by atoms with Gasteiger partial charge < -0.3 is 5.11 Å². The summed E-state index contributed by atoms with van der Waals surface area (Å²) in [6, 6.07) is 9.41. The molecule has 2 heterocycles. The first-order chi connectivity index (χ1) is 11.1. The smallest absolute Gasteiger partial charge is 0.0644 e. The summed E-state index contributed by atoms with van der Waals surface area (Å²) < 4.78 is 1.93. The third-order valence-corrected chi connectivity index (χ3v) is 4.99. The molecule has 3 rings (SSSR count). The molecule has 1 aromatic carbocycles. The molecule has 0 radical (unpaired) electrons. The first kappa shape index (κ1) is 16.2. The lowest BCUT2D eigenvalue weighted by atomic mass is 10.0. The van der Waals surface area contributed by atoms with Gasteiger partial charge in [-0.25, -0.2) is 0 Å². The van der Waals surface area contributed by atoms with E-state index < -0.39 is 0 Å². The van der Waals surface area contributed by atoms with Crippen molar-refractivity contribution in [1.29, 1.82) is 0 Å². The van der Waals surface area contributed by atoms with Crippen molar-refractivity contribution in [2.45, 2.75) is 52.7 Å². The van der Waals surface area contributed by atoms with E-state index >= 15 is 0 Å². The van der Waals surface area contributed by atoms with Crippen LogP contribution in [0.3, 0.4) is 0 Å². The second-order valence-electron chi connectivity index (χ2n) is 6.64. The highest BCUT2D eigenvalue weighted by Gasteiger charge is 2.27. The van der Waals surface area contributed by atoms with Crippen molar-refractivity contribution in [2.75, 3.05) is 13.2 Å². The Morgan fingerprint density at radius 3 is 2.83 bits per heavy atom. The second kappa shape index (κ2) is 6.85. The predicted octanol–water partition coefficient (Wildman–Crippen LogP) is 3.14. The van der Waals surface area contributed by atoms with Crippen LogP contribution in [-0.2, 0) is 13.1 Å². The molecule has 1 fully saturated rings.